The Balaban J connectivity index is 1.69. The van der Waals surface area contributed by atoms with Gasteiger partial charge in [0.05, 0.1) is 33.2 Å². The van der Waals surface area contributed by atoms with E-state index in [4.69, 9.17) is 39.8 Å². The molecule has 0 bridgehead atoms. The lowest BCUT2D eigenvalue weighted by atomic mass is 10.1. The van der Waals surface area contributed by atoms with Crippen molar-refractivity contribution >= 4 is 51.6 Å². The van der Waals surface area contributed by atoms with Crippen LogP contribution < -0.4 is 5.56 Å². The summed E-state index contributed by atoms with van der Waals surface area (Å²) in [6, 6.07) is 26.7. The van der Waals surface area contributed by atoms with Gasteiger partial charge in [-0.05, 0) is 79.9 Å². The molecule has 8 heteroatoms. The second-order valence-corrected chi connectivity index (χ2v) is 10.9. The largest absolute Gasteiger partial charge is 0.328 e. The van der Waals surface area contributed by atoms with Gasteiger partial charge in [-0.3, -0.25) is 14.2 Å². The number of para-hydroxylation sites is 1. The van der Waals surface area contributed by atoms with Gasteiger partial charge in [-0.2, -0.15) is 0 Å². The Morgan fingerprint density at radius 3 is 2.30 bits per heavy atom. The average Bonchev–Trinajstić information content (AvgIpc) is 2.94. The van der Waals surface area contributed by atoms with Gasteiger partial charge in [0, 0.05) is 16.6 Å². The molecular formula is C32H26Cl3N3O2. The van der Waals surface area contributed by atoms with Crippen molar-refractivity contribution in [2.24, 2.45) is 0 Å². The average molecular weight is 591 g/mol. The smallest absolute Gasteiger partial charge is 0.266 e. The Morgan fingerprint density at radius 1 is 0.900 bits per heavy atom. The molecule has 0 spiro atoms. The third-order valence-corrected chi connectivity index (χ3v) is 7.73. The van der Waals surface area contributed by atoms with Crippen molar-refractivity contribution in [2.75, 3.05) is 6.54 Å². The normalized spacial score (nSPS) is 11.9. The van der Waals surface area contributed by atoms with E-state index in [2.05, 4.69) is 0 Å². The maximum atomic E-state index is 14.1. The maximum absolute atomic E-state index is 14.1. The first-order valence-corrected chi connectivity index (χ1v) is 14.0. The van der Waals surface area contributed by atoms with Gasteiger partial charge < -0.3 is 4.90 Å². The highest BCUT2D eigenvalue weighted by Gasteiger charge is 2.29. The Hall–Kier alpha value is -3.64. The van der Waals surface area contributed by atoms with E-state index in [1.807, 2.05) is 56.3 Å². The van der Waals surface area contributed by atoms with E-state index in [0.717, 1.165) is 11.1 Å². The van der Waals surface area contributed by atoms with Gasteiger partial charge in [-0.25, -0.2) is 4.98 Å². The number of benzene rings is 4. The van der Waals surface area contributed by atoms with E-state index in [-0.39, 0.29) is 16.5 Å². The number of aromatic nitrogens is 2. The Labute approximate surface area is 247 Å². The lowest BCUT2D eigenvalue weighted by molar-refractivity contribution is 0.0684. The van der Waals surface area contributed by atoms with Crippen LogP contribution in [-0.2, 0) is 6.42 Å². The van der Waals surface area contributed by atoms with Crippen molar-refractivity contribution in [3.8, 4) is 5.69 Å². The van der Waals surface area contributed by atoms with Gasteiger partial charge in [0.1, 0.15) is 5.82 Å². The van der Waals surface area contributed by atoms with E-state index >= 15 is 0 Å². The summed E-state index contributed by atoms with van der Waals surface area (Å²) in [5, 5.41) is 1.74. The molecular weight excluding hydrogens is 565 g/mol. The molecule has 0 radical (unpaired) electrons. The summed E-state index contributed by atoms with van der Waals surface area (Å²) in [7, 11) is 0. The molecule has 1 amide bonds. The molecule has 0 aliphatic rings. The summed E-state index contributed by atoms with van der Waals surface area (Å²) in [6.07, 6.45) is 0.597. The molecule has 0 fully saturated rings. The minimum Gasteiger partial charge on any atom is -0.328 e. The molecule has 5 rings (SSSR count). The van der Waals surface area contributed by atoms with Crippen molar-refractivity contribution in [1.29, 1.82) is 0 Å². The van der Waals surface area contributed by atoms with Gasteiger partial charge in [-0.1, -0.05) is 77.3 Å². The minimum atomic E-state index is -0.602. The van der Waals surface area contributed by atoms with Crippen molar-refractivity contribution < 1.29 is 4.79 Å². The number of amides is 1. The first-order chi connectivity index (χ1) is 19.2. The number of nitrogens with zero attached hydrogens (tertiary/aromatic N) is 3. The highest BCUT2D eigenvalue weighted by molar-refractivity contribution is 6.36. The molecule has 0 saturated carbocycles. The number of hydrogen-bond donors (Lipinski definition) is 0. The van der Waals surface area contributed by atoms with Crippen LogP contribution in [0.4, 0.5) is 0 Å². The summed E-state index contributed by atoms with van der Waals surface area (Å²) in [6.45, 7) is 4.14. The summed E-state index contributed by atoms with van der Waals surface area (Å²) >= 11 is 18.9. The van der Waals surface area contributed by atoms with Crippen LogP contribution in [0.25, 0.3) is 16.6 Å². The third kappa shape index (κ3) is 5.64. The van der Waals surface area contributed by atoms with Crippen LogP contribution in [0.2, 0.25) is 15.1 Å². The van der Waals surface area contributed by atoms with Gasteiger partial charge >= 0.3 is 0 Å². The van der Waals surface area contributed by atoms with Crippen LogP contribution in [0.5, 0.6) is 0 Å². The molecule has 5 nitrogen and oxygen atoms in total. The zero-order valence-corrected chi connectivity index (χ0v) is 24.2. The Bertz CT molecular complexity index is 1770. The lowest BCUT2D eigenvalue weighted by Gasteiger charge is -2.31. The monoisotopic (exact) mass is 589 g/mol. The van der Waals surface area contributed by atoms with Crippen LogP contribution in [0.3, 0.4) is 0 Å². The van der Waals surface area contributed by atoms with Crippen LogP contribution in [0.1, 0.15) is 40.3 Å². The van der Waals surface area contributed by atoms with Crippen LogP contribution in [0.15, 0.2) is 95.8 Å². The van der Waals surface area contributed by atoms with E-state index in [1.165, 1.54) is 0 Å². The SMILES string of the molecule is Cc1cc(Cl)ccc1-n1c(C(C)N(CCc2ccccc2)C(=O)c2ccc(Cl)cc2Cl)nc2ccccc2c1=O. The van der Waals surface area contributed by atoms with Crippen LogP contribution >= 0.6 is 34.8 Å². The Morgan fingerprint density at radius 2 is 1.57 bits per heavy atom. The maximum Gasteiger partial charge on any atom is 0.266 e. The third-order valence-electron chi connectivity index (χ3n) is 6.95. The van der Waals surface area contributed by atoms with Gasteiger partial charge in [0.25, 0.3) is 11.5 Å². The number of hydrogen-bond acceptors (Lipinski definition) is 3. The van der Waals surface area contributed by atoms with Crippen molar-refractivity contribution in [3.05, 3.63) is 139 Å². The number of fused-ring (bicyclic) bond motifs is 1. The number of aryl methyl sites for hydroxylation is 1. The fourth-order valence-corrected chi connectivity index (χ4v) is 5.57. The summed E-state index contributed by atoms with van der Waals surface area (Å²) in [4.78, 5) is 34.7. The zero-order chi connectivity index (χ0) is 28.4. The summed E-state index contributed by atoms with van der Waals surface area (Å²) in [5.41, 5.74) is 3.18. The summed E-state index contributed by atoms with van der Waals surface area (Å²) < 4.78 is 1.59. The number of rotatable bonds is 7. The number of carbonyl (C=O) groups is 1. The second-order valence-electron chi connectivity index (χ2n) is 9.59. The fourth-order valence-electron chi connectivity index (χ4n) is 4.86. The highest BCUT2D eigenvalue weighted by Crippen LogP contribution is 2.29. The molecule has 0 aliphatic carbocycles. The van der Waals surface area contributed by atoms with Crippen molar-refractivity contribution in [1.82, 2.24) is 14.5 Å². The molecule has 4 aromatic carbocycles. The Kier molecular flexibility index (Phi) is 8.27. The molecule has 202 valence electrons. The topological polar surface area (TPSA) is 55.2 Å². The van der Waals surface area contributed by atoms with Gasteiger partial charge in [0.15, 0.2) is 0 Å². The predicted octanol–water partition coefficient (Wildman–Crippen LogP) is 8.10. The van der Waals surface area contributed by atoms with E-state index < -0.39 is 6.04 Å². The van der Waals surface area contributed by atoms with E-state index in [0.29, 0.717) is 51.0 Å². The molecule has 0 saturated heterocycles. The molecule has 0 aliphatic heterocycles. The summed E-state index contributed by atoms with van der Waals surface area (Å²) in [5.74, 6) is 0.146. The second kappa shape index (κ2) is 11.8. The van der Waals surface area contributed by atoms with Gasteiger partial charge in [-0.15, -0.1) is 0 Å². The van der Waals surface area contributed by atoms with Crippen molar-refractivity contribution in [2.45, 2.75) is 26.3 Å². The molecule has 1 aromatic heterocycles. The first kappa shape index (κ1) is 27.9. The molecule has 1 heterocycles. The molecule has 0 N–H and O–H groups in total. The zero-order valence-electron chi connectivity index (χ0n) is 21.9. The lowest BCUT2D eigenvalue weighted by Crippen LogP contribution is -2.39. The fraction of sp³-hybridized carbons (Fsp3) is 0.156. The molecule has 1 unspecified atom stereocenters. The van der Waals surface area contributed by atoms with Crippen LogP contribution in [0, 0.1) is 6.92 Å². The molecule has 5 aromatic rings. The number of halogens is 3. The molecule has 40 heavy (non-hydrogen) atoms. The standard InChI is InChI=1S/C32H26Cl3N3O2/c1-20-18-23(33)13-15-29(20)38-30(36-28-11-7-6-10-26(28)32(38)40)21(2)37(17-16-22-8-4-3-5-9-22)31(39)25-14-12-24(34)19-27(25)35/h3-15,18-19,21H,16-17H2,1-2H3. The van der Waals surface area contributed by atoms with E-state index in [9.17, 15) is 9.59 Å². The predicted molar refractivity (Wildman–Crippen MR) is 163 cm³/mol. The van der Waals surface area contributed by atoms with Gasteiger partial charge in [0.2, 0.25) is 0 Å². The number of carbonyl (C=O) groups excluding carboxylic acids is 1. The highest BCUT2D eigenvalue weighted by atomic mass is 35.5. The van der Waals surface area contributed by atoms with Crippen LogP contribution in [-0.4, -0.2) is 26.9 Å². The van der Waals surface area contributed by atoms with E-state index in [1.54, 1.807) is 58.0 Å². The minimum absolute atomic E-state index is 0.224. The first-order valence-electron chi connectivity index (χ1n) is 12.8. The molecule has 1 atom stereocenters. The van der Waals surface area contributed by atoms with Crippen molar-refractivity contribution in [3.63, 3.8) is 0 Å². The quantitative estimate of drug-likeness (QED) is 0.192.